The zero-order valence-electron chi connectivity index (χ0n) is 15.3. The van der Waals surface area contributed by atoms with Crippen molar-refractivity contribution in [3.8, 4) is 0 Å². The van der Waals surface area contributed by atoms with Gasteiger partial charge in [0.25, 0.3) is 0 Å². The minimum absolute atomic E-state index is 0.0106. The smallest absolute Gasteiger partial charge is 0.222 e. The Kier molecular flexibility index (Phi) is 6.02. The van der Waals surface area contributed by atoms with Gasteiger partial charge in [-0.25, -0.2) is 0 Å². The third kappa shape index (κ3) is 4.36. The van der Waals surface area contributed by atoms with E-state index in [0.717, 1.165) is 42.8 Å². The molecule has 1 fully saturated rings. The van der Waals surface area contributed by atoms with E-state index in [0.29, 0.717) is 18.8 Å². The zero-order valence-corrected chi connectivity index (χ0v) is 15.3. The summed E-state index contributed by atoms with van der Waals surface area (Å²) in [5.74, 6) is 0.00136. The number of primary amides is 1. The number of nitrogens with zero attached hydrogens (tertiary/aromatic N) is 2. The standard InChI is InChI=1S/C18H30N4O2/c1-11(2)10-22-13(4)14(12(3)21-22)8-9-17(23)20-16-7-5-6-15(16)18(19)24/h11,15-16H,5-10H2,1-4H3,(H2,19,24)(H,20,23)/t15-,16+/m0/s1. The first-order valence-corrected chi connectivity index (χ1v) is 8.91. The molecule has 24 heavy (non-hydrogen) atoms. The van der Waals surface area contributed by atoms with Crippen molar-refractivity contribution < 1.29 is 9.59 Å². The lowest BCUT2D eigenvalue weighted by atomic mass is 10.0. The van der Waals surface area contributed by atoms with Crippen molar-refractivity contribution in [3.63, 3.8) is 0 Å². The highest BCUT2D eigenvalue weighted by Crippen LogP contribution is 2.25. The average Bonchev–Trinajstić information content (AvgIpc) is 3.03. The molecule has 0 aliphatic heterocycles. The van der Waals surface area contributed by atoms with Crippen LogP contribution in [0.2, 0.25) is 0 Å². The molecule has 1 aliphatic rings. The third-order valence-electron chi connectivity index (χ3n) is 4.90. The van der Waals surface area contributed by atoms with E-state index in [-0.39, 0.29) is 23.8 Å². The van der Waals surface area contributed by atoms with Crippen LogP contribution in [0.4, 0.5) is 0 Å². The van der Waals surface area contributed by atoms with Gasteiger partial charge in [-0.05, 0) is 44.6 Å². The fourth-order valence-electron chi connectivity index (χ4n) is 3.61. The summed E-state index contributed by atoms with van der Waals surface area (Å²) in [7, 11) is 0. The minimum Gasteiger partial charge on any atom is -0.369 e. The molecule has 0 bridgehead atoms. The monoisotopic (exact) mass is 334 g/mol. The molecule has 0 saturated heterocycles. The van der Waals surface area contributed by atoms with Crippen molar-refractivity contribution in [1.29, 1.82) is 0 Å². The fourth-order valence-corrected chi connectivity index (χ4v) is 3.61. The van der Waals surface area contributed by atoms with Gasteiger partial charge in [0.1, 0.15) is 0 Å². The SMILES string of the molecule is Cc1nn(CC(C)C)c(C)c1CCC(=O)N[C@@H]1CCC[C@@H]1C(N)=O. The van der Waals surface area contributed by atoms with E-state index >= 15 is 0 Å². The van der Waals surface area contributed by atoms with Crippen molar-refractivity contribution in [2.24, 2.45) is 17.6 Å². The molecule has 3 N–H and O–H groups in total. The first kappa shape index (κ1) is 18.5. The molecule has 1 saturated carbocycles. The molecule has 134 valence electrons. The van der Waals surface area contributed by atoms with E-state index in [4.69, 9.17) is 5.73 Å². The van der Waals surface area contributed by atoms with E-state index in [1.165, 1.54) is 0 Å². The Morgan fingerprint density at radius 1 is 1.33 bits per heavy atom. The second-order valence-corrected chi connectivity index (χ2v) is 7.34. The van der Waals surface area contributed by atoms with Crippen LogP contribution in [0.3, 0.4) is 0 Å². The van der Waals surface area contributed by atoms with Gasteiger partial charge in [0.2, 0.25) is 11.8 Å². The highest BCUT2D eigenvalue weighted by molar-refractivity contribution is 5.81. The second-order valence-electron chi connectivity index (χ2n) is 7.34. The molecule has 6 nitrogen and oxygen atoms in total. The largest absolute Gasteiger partial charge is 0.369 e. The Labute approximate surface area is 144 Å². The highest BCUT2D eigenvalue weighted by Gasteiger charge is 2.32. The van der Waals surface area contributed by atoms with Gasteiger partial charge in [0, 0.05) is 24.7 Å². The van der Waals surface area contributed by atoms with Crippen LogP contribution in [0.25, 0.3) is 0 Å². The number of nitrogens with two attached hydrogens (primary N) is 1. The van der Waals surface area contributed by atoms with Gasteiger partial charge in [0.05, 0.1) is 11.6 Å². The lowest BCUT2D eigenvalue weighted by Gasteiger charge is -2.18. The summed E-state index contributed by atoms with van der Waals surface area (Å²) in [4.78, 5) is 23.7. The molecule has 0 radical (unpaired) electrons. The van der Waals surface area contributed by atoms with Crippen LogP contribution < -0.4 is 11.1 Å². The molecular formula is C18H30N4O2. The van der Waals surface area contributed by atoms with Gasteiger partial charge < -0.3 is 11.1 Å². The molecule has 1 heterocycles. The maximum atomic E-state index is 12.3. The molecule has 0 spiro atoms. The third-order valence-corrected chi connectivity index (χ3v) is 4.90. The Hall–Kier alpha value is -1.85. The Bertz CT molecular complexity index is 606. The number of carbonyl (C=O) groups excluding carboxylic acids is 2. The van der Waals surface area contributed by atoms with E-state index in [1.54, 1.807) is 0 Å². The van der Waals surface area contributed by atoms with E-state index in [1.807, 2.05) is 11.6 Å². The van der Waals surface area contributed by atoms with Gasteiger partial charge in [-0.1, -0.05) is 20.3 Å². The normalized spacial score (nSPS) is 20.5. The Balaban J connectivity index is 1.92. The molecule has 1 aromatic heterocycles. The number of nitrogens with one attached hydrogen (secondary N) is 1. The summed E-state index contributed by atoms with van der Waals surface area (Å²) in [6.45, 7) is 9.29. The number of aromatic nitrogens is 2. The van der Waals surface area contributed by atoms with Gasteiger partial charge >= 0.3 is 0 Å². The topological polar surface area (TPSA) is 90.0 Å². The molecule has 1 aromatic rings. The summed E-state index contributed by atoms with van der Waals surface area (Å²) in [6, 6.07) is -0.0964. The van der Waals surface area contributed by atoms with Gasteiger partial charge in [-0.3, -0.25) is 14.3 Å². The summed E-state index contributed by atoms with van der Waals surface area (Å²) < 4.78 is 2.04. The molecule has 0 unspecified atom stereocenters. The lowest BCUT2D eigenvalue weighted by molar-refractivity contribution is -0.124. The Morgan fingerprint density at radius 3 is 2.67 bits per heavy atom. The van der Waals surface area contributed by atoms with Gasteiger partial charge in [-0.15, -0.1) is 0 Å². The second kappa shape index (κ2) is 7.81. The number of rotatable bonds is 7. The zero-order chi connectivity index (χ0) is 17.9. The maximum Gasteiger partial charge on any atom is 0.222 e. The molecule has 6 heteroatoms. The van der Waals surface area contributed by atoms with E-state index in [2.05, 4.69) is 31.2 Å². The molecule has 2 rings (SSSR count). The number of carbonyl (C=O) groups is 2. The number of aryl methyl sites for hydroxylation is 1. The lowest BCUT2D eigenvalue weighted by Crippen LogP contribution is -2.42. The summed E-state index contributed by atoms with van der Waals surface area (Å²) in [5, 5.41) is 7.58. The van der Waals surface area contributed by atoms with Crippen LogP contribution in [-0.4, -0.2) is 27.6 Å². The highest BCUT2D eigenvalue weighted by atomic mass is 16.2. The first-order valence-electron chi connectivity index (χ1n) is 8.91. The van der Waals surface area contributed by atoms with Crippen LogP contribution in [0.5, 0.6) is 0 Å². The van der Waals surface area contributed by atoms with E-state index < -0.39 is 0 Å². The molecule has 2 amide bonds. The number of hydrogen-bond donors (Lipinski definition) is 2. The first-order chi connectivity index (χ1) is 11.3. The summed E-state index contributed by atoms with van der Waals surface area (Å²) in [6.07, 6.45) is 3.65. The maximum absolute atomic E-state index is 12.3. The Morgan fingerprint density at radius 2 is 2.04 bits per heavy atom. The molecule has 0 aromatic carbocycles. The van der Waals surface area contributed by atoms with Crippen molar-refractivity contribution >= 4 is 11.8 Å². The van der Waals surface area contributed by atoms with Gasteiger partial charge in [0.15, 0.2) is 0 Å². The summed E-state index contributed by atoms with van der Waals surface area (Å²) >= 11 is 0. The average molecular weight is 334 g/mol. The minimum atomic E-state index is -0.306. The molecular weight excluding hydrogens is 304 g/mol. The predicted molar refractivity (Wildman–Crippen MR) is 93.3 cm³/mol. The van der Waals surface area contributed by atoms with Crippen molar-refractivity contribution in [3.05, 3.63) is 17.0 Å². The van der Waals surface area contributed by atoms with Crippen LogP contribution in [0, 0.1) is 25.7 Å². The fraction of sp³-hybridized carbons (Fsp3) is 0.722. The summed E-state index contributed by atoms with van der Waals surface area (Å²) in [5.41, 5.74) is 8.71. The molecule has 2 atom stereocenters. The predicted octanol–water partition coefficient (Wildman–Crippen LogP) is 1.86. The van der Waals surface area contributed by atoms with Gasteiger partial charge in [-0.2, -0.15) is 5.10 Å². The number of hydrogen-bond acceptors (Lipinski definition) is 3. The van der Waals surface area contributed by atoms with E-state index in [9.17, 15) is 9.59 Å². The van der Waals surface area contributed by atoms with Crippen LogP contribution >= 0.6 is 0 Å². The van der Waals surface area contributed by atoms with Crippen LogP contribution in [0.15, 0.2) is 0 Å². The molecule has 1 aliphatic carbocycles. The van der Waals surface area contributed by atoms with Crippen LogP contribution in [-0.2, 0) is 22.6 Å². The van der Waals surface area contributed by atoms with Crippen molar-refractivity contribution in [2.45, 2.75) is 72.4 Å². The van der Waals surface area contributed by atoms with Crippen molar-refractivity contribution in [2.75, 3.05) is 0 Å². The quantitative estimate of drug-likeness (QED) is 0.797. The van der Waals surface area contributed by atoms with Crippen molar-refractivity contribution in [1.82, 2.24) is 15.1 Å². The van der Waals surface area contributed by atoms with Crippen LogP contribution in [0.1, 0.15) is 56.5 Å². The number of amides is 2.